The van der Waals surface area contributed by atoms with Crippen molar-refractivity contribution in [3.05, 3.63) is 42.5 Å². The number of benzene rings is 1. The summed E-state index contributed by atoms with van der Waals surface area (Å²) in [6.07, 6.45) is 2.63. The number of carbonyl (C=O) groups is 5. The van der Waals surface area contributed by atoms with E-state index in [4.69, 9.17) is 0 Å². The molecule has 3 rings (SSSR count). The van der Waals surface area contributed by atoms with Crippen LogP contribution in [0.2, 0.25) is 0 Å². The molecule has 134 valence electrons. The van der Waals surface area contributed by atoms with E-state index in [0.29, 0.717) is 23.6 Å². The maximum Gasteiger partial charge on any atom is 0.334 e. The number of hydrogen-bond acceptors (Lipinski definition) is 5. The Hall–Kier alpha value is -3.29. The minimum absolute atomic E-state index is 0.0400. The Balaban J connectivity index is 1.71. The normalized spacial score (nSPS) is 17.5. The highest BCUT2D eigenvalue weighted by Crippen LogP contribution is 2.22. The highest BCUT2D eigenvalue weighted by Gasteiger charge is 2.44. The number of nitrogens with zero attached hydrogens (tertiary/aromatic N) is 3. The van der Waals surface area contributed by atoms with E-state index in [1.54, 1.807) is 17.0 Å². The molecule has 26 heavy (non-hydrogen) atoms. The fourth-order valence-corrected chi connectivity index (χ4v) is 2.96. The largest absolute Gasteiger partial charge is 0.334 e. The number of carbonyl (C=O) groups excluding carboxylic acids is 5. The fraction of sp³-hybridized carbons (Fsp3) is 0.278. The van der Waals surface area contributed by atoms with Gasteiger partial charge in [-0.1, -0.05) is 6.08 Å². The standard InChI is InChI=1S/C18H17N3O5/c1-2-9-20-16(24)17(25)21(18(20)26)11-14(22)12-5-7-13(8-6-12)19-10-3-4-15(19)23/h2,5-8H,1,3-4,9-11H2. The lowest BCUT2D eigenvalue weighted by Gasteiger charge is -2.16. The molecule has 8 nitrogen and oxygen atoms in total. The maximum absolute atomic E-state index is 12.4. The zero-order chi connectivity index (χ0) is 18.8. The number of urea groups is 1. The molecule has 0 N–H and O–H groups in total. The zero-order valence-corrected chi connectivity index (χ0v) is 14.0. The van der Waals surface area contributed by atoms with Gasteiger partial charge in [0.15, 0.2) is 5.78 Å². The van der Waals surface area contributed by atoms with E-state index in [0.717, 1.165) is 11.3 Å². The van der Waals surface area contributed by atoms with Crippen molar-refractivity contribution < 1.29 is 24.0 Å². The maximum atomic E-state index is 12.4. The first-order valence-corrected chi connectivity index (χ1v) is 8.16. The topological polar surface area (TPSA) is 95.1 Å². The predicted molar refractivity (Wildman–Crippen MR) is 91.4 cm³/mol. The summed E-state index contributed by atoms with van der Waals surface area (Å²) in [6.45, 7) is 3.46. The molecule has 2 fully saturated rings. The van der Waals surface area contributed by atoms with Crippen molar-refractivity contribution in [1.82, 2.24) is 9.80 Å². The first-order valence-electron chi connectivity index (χ1n) is 8.16. The van der Waals surface area contributed by atoms with E-state index in [1.165, 1.54) is 18.2 Å². The van der Waals surface area contributed by atoms with Crippen LogP contribution in [0, 0.1) is 0 Å². The summed E-state index contributed by atoms with van der Waals surface area (Å²) < 4.78 is 0. The van der Waals surface area contributed by atoms with Crippen LogP contribution in [0.15, 0.2) is 36.9 Å². The van der Waals surface area contributed by atoms with Crippen LogP contribution in [0.3, 0.4) is 0 Å². The smallest absolute Gasteiger partial charge is 0.312 e. The minimum Gasteiger partial charge on any atom is -0.312 e. The van der Waals surface area contributed by atoms with Crippen LogP contribution < -0.4 is 4.90 Å². The van der Waals surface area contributed by atoms with Crippen molar-refractivity contribution in [2.45, 2.75) is 12.8 Å². The number of ketones is 1. The summed E-state index contributed by atoms with van der Waals surface area (Å²) in [5, 5.41) is 0. The molecule has 0 unspecified atom stereocenters. The number of amides is 5. The van der Waals surface area contributed by atoms with Crippen LogP contribution in [0.4, 0.5) is 10.5 Å². The van der Waals surface area contributed by atoms with E-state index in [9.17, 15) is 24.0 Å². The molecule has 2 aliphatic heterocycles. The summed E-state index contributed by atoms with van der Waals surface area (Å²) in [5.74, 6) is -2.42. The van der Waals surface area contributed by atoms with Gasteiger partial charge in [-0.3, -0.25) is 24.1 Å². The average Bonchev–Trinajstić information content (AvgIpc) is 3.15. The number of hydrogen-bond donors (Lipinski definition) is 0. The summed E-state index contributed by atoms with van der Waals surface area (Å²) in [7, 11) is 0. The van der Waals surface area contributed by atoms with E-state index >= 15 is 0 Å². The highest BCUT2D eigenvalue weighted by atomic mass is 16.2. The van der Waals surface area contributed by atoms with Crippen LogP contribution in [-0.2, 0) is 14.4 Å². The molecule has 0 spiro atoms. The lowest BCUT2D eigenvalue weighted by atomic mass is 10.1. The Morgan fingerprint density at radius 3 is 2.27 bits per heavy atom. The Labute approximate surface area is 149 Å². The SMILES string of the molecule is C=CCN1C(=O)C(=O)N(CC(=O)c2ccc(N3CCCC3=O)cc2)C1=O. The van der Waals surface area contributed by atoms with Crippen LogP contribution in [-0.4, -0.2) is 59.0 Å². The molecule has 0 saturated carbocycles. The van der Waals surface area contributed by atoms with Crippen molar-refractivity contribution in [2.75, 3.05) is 24.5 Å². The quantitative estimate of drug-likeness (QED) is 0.328. The molecular weight excluding hydrogens is 338 g/mol. The molecule has 0 atom stereocenters. The van der Waals surface area contributed by atoms with Gasteiger partial charge in [-0.15, -0.1) is 6.58 Å². The molecule has 0 radical (unpaired) electrons. The van der Waals surface area contributed by atoms with E-state index in [2.05, 4.69) is 6.58 Å². The Morgan fingerprint density at radius 1 is 1.04 bits per heavy atom. The lowest BCUT2D eigenvalue weighted by Crippen LogP contribution is -2.37. The Bertz CT molecular complexity index is 815. The van der Waals surface area contributed by atoms with Gasteiger partial charge >= 0.3 is 17.8 Å². The monoisotopic (exact) mass is 355 g/mol. The van der Waals surface area contributed by atoms with Crippen molar-refractivity contribution in [2.24, 2.45) is 0 Å². The molecule has 5 amide bonds. The van der Waals surface area contributed by atoms with Crippen LogP contribution in [0.25, 0.3) is 0 Å². The van der Waals surface area contributed by atoms with Gasteiger partial charge in [0.25, 0.3) is 0 Å². The first kappa shape index (κ1) is 17.5. The molecule has 2 saturated heterocycles. The molecule has 2 heterocycles. The zero-order valence-electron chi connectivity index (χ0n) is 14.0. The third-order valence-electron chi connectivity index (χ3n) is 4.32. The first-order chi connectivity index (χ1) is 12.4. The summed E-state index contributed by atoms with van der Waals surface area (Å²) >= 11 is 0. The van der Waals surface area contributed by atoms with Crippen molar-refractivity contribution >= 4 is 35.2 Å². The van der Waals surface area contributed by atoms with Gasteiger partial charge in [0.05, 0.1) is 6.54 Å². The summed E-state index contributed by atoms with van der Waals surface area (Å²) in [5.41, 5.74) is 0.986. The van der Waals surface area contributed by atoms with E-state index in [1.807, 2.05) is 0 Å². The second-order valence-corrected chi connectivity index (χ2v) is 6.00. The van der Waals surface area contributed by atoms with Gasteiger partial charge in [-0.05, 0) is 30.7 Å². The molecule has 8 heteroatoms. The van der Waals surface area contributed by atoms with E-state index in [-0.39, 0.29) is 18.0 Å². The number of rotatable bonds is 6. The number of anilines is 1. The van der Waals surface area contributed by atoms with Crippen molar-refractivity contribution in [1.29, 1.82) is 0 Å². The van der Waals surface area contributed by atoms with Gasteiger partial charge in [-0.25, -0.2) is 9.69 Å². The minimum atomic E-state index is -1.02. The summed E-state index contributed by atoms with van der Waals surface area (Å²) in [4.78, 5) is 62.9. The number of imide groups is 2. The molecule has 0 aliphatic carbocycles. The van der Waals surface area contributed by atoms with Crippen LogP contribution in [0.1, 0.15) is 23.2 Å². The third-order valence-corrected chi connectivity index (χ3v) is 4.32. The van der Waals surface area contributed by atoms with Gasteiger partial charge in [0.1, 0.15) is 0 Å². The lowest BCUT2D eigenvalue weighted by molar-refractivity contribution is -0.142. The van der Waals surface area contributed by atoms with Crippen molar-refractivity contribution in [3.8, 4) is 0 Å². The van der Waals surface area contributed by atoms with Crippen LogP contribution in [0.5, 0.6) is 0 Å². The molecule has 1 aromatic rings. The summed E-state index contributed by atoms with van der Waals surface area (Å²) in [6, 6.07) is 5.56. The van der Waals surface area contributed by atoms with Gasteiger partial charge in [-0.2, -0.15) is 0 Å². The molecule has 2 aliphatic rings. The number of Topliss-reactive ketones (excluding diaryl/α,β-unsaturated/α-hetero) is 1. The molecule has 0 bridgehead atoms. The molecule has 0 aromatic heterocycles. The van der Waals surface area contributed by atoms with Gasteiger partial charge < -0.3 is 4.90 Å². The van der Waals surface area contributed by atoms with Crippen LogP contribution >= 0.6 is 0 Å². The second-order valence-electron chi connectivity index (χ2n) is 6.00. The predicted octanol–water partition coefficient (Wildman–Crippen LogP) is 0.973. The fourth-order valence-electron chi connectivity index (χ4n) is 2.96. The van der Waals surface area contributed by atoms with Gasteiger partial charge in [0, 0.05) is 30.8 Å². The van der Waals surface area contributed by atoms with Crippen molar-refractivity contribution in [3.63, 3.8) is 0 Å². The van der Waals surface area contributed by atoms with E-state index < -0.39 is 30.2 Å². The second kappa shape index (κ2) is 6.91. The average molecular weight is 355 g/mol. The Morgan fingerprint density at radius 2 is 1.69 bits per heavy atom. The highest BCUT2D eigenvalue weighted by molar-refractivity contribution is 6.45. The molecular formula is C18H17N3O5. The Kier molecular flexibility index (Phi) is 4.66. The molecule has 1 aromatic carbocycles. The third kappa shape index (κ3) is 3.01. The van der Waals surface area contributed by atoms with Gasteiger partial charge in [0.2, 0.25) is 5.91 Å².